The van der Waals surface area contributed by atoms with Crippen LogP contribution in [0.5, 0.6) is 0 Å². The zero-order valence-electron chi connectivity index (χ0n) is 10.0. The van der Waals surface area contributed by atoms with Crippen LogP contribution >= 0.6 is 0 Å². The van der Waals surface area contributed by atoms with Crippen molar-refractivity contribution in [3.05, 3.63) is 23.3 Å². The van der Waals surface area contributed by atoms with Crippen molar-refractivity contribution in [1.29, 1.82) is 0 Å². The van der Waals surface area contributed by atoms with Crippen molar-refractivity contribution < 1.29 is 4.79 Å². The molecule has 0 N–H and O–H groups in total. The van der Waals surface area contributed by atoms with Gasteiger partial charge in [-0.3, -0.25) is 4.79 Å². The predicted molar refractivity (Wildman–Crippen MR) is 64.7 cm³/mol. The first-order valence-electron chi connectivity index (χ1n) is 4.94. The summed E-state index contributed by atoms with van der Waals surface area (Å²) in [5.41, 5.74) is 4.44. The van der Waals surface area contributed by atoms with Crippen molar-refractivity contribution in [2.45, 2.75) is 13.8 Å². The van der Waals surface area contributed by atoms with Crippen molar-refractivity contribution in [3.8, 4) is 0 Å². The van der Waals surface area contributed by atoms with Gasteiger partial charge in [0, 0.05) is 21.1 Å². The van der Waals surface area contributed by atoms with Gasteiger partial charge in [-0.1, -0.05) is 0 Å². The zero-order chi connectivity index (χ0) is 11.6. The molecule has 0 aromatic heterocycles. The Balaban J connectivity index is 3.34. The second-order valence-electron chi connectivity index (χ2n) is 4.04. The van der Waals surface area contributed by atoms with Gasteiger partial charge in [0.15, 0.2) is 0 Å². The molecular formula is C12H18N2O. The predicted octanol–water partition coefficient (Wildman–Crippen LogP) is 1.96. The zero-order valence-corrected chi connectivity index (χ0v) is 10.0. The molecule has 1 rings (SSSR count). The molecule has 1 amide bonds. The van der Waals surface area contributed by atoms with Gasteiger partial charge >= 0.3 is 0 Å². The van der Waals surface area contributed by atoms with E-state index >= 15 is 0 Å². The molecule has 0 radical (unpaired) electrons. The molecule has 1 aromatic carbocycles. The Morgan fingerprint density at radius 2 is 1.47 bits per heavy atom. The first kappa shape index (κ1) is 11.6. The van der Waals surface area contributed by atoms with E-state index in [2.05, 4.69) is 19.9 Å². The van der Waals surface area contributed by atoms with Crippen LogP contribution in [-0.2, 0) is 4.79 Å². The summed E-state index contributed by atoms with van der Waals surface area (Å²) in [5.74, 6) is 0. The molecule has 0 atom stereocenters. The molecule has 0 aliphatic carbocycles. The highest BCUT2D eigenvalue weighted by Crippen LogP contribution is 2.29. The Labute approximate surface area is 91.3 Å². The van der Waals surface area contributed by atoms with Crippen molar-refractivity contribution in [2.75, 3.05) is 30.9 Å². The summed E-state index contributed by atoms with van der Waals surface area (Å²) in [5, 5.41) is 0. The lowest BCUT2D eigenvalue weighted by Crippen LogP contribution is -2.19. The second-order valence-corrected chi connectivity index (χ2v) is 4.04. The summed E-state index contributed by atoms with van der Waals surface area (Å²) in [6, 6.07) is 4.14. The van der Waals surface area contributed by atoms with Crippen molar-refractivity contribution >= 4 is 17.8 Å². The van der Waals surface area contributed by atoms with Gasteiger partial charge in [0.1, 0.15) is 0 Å². The lowest BCUT2D eigenvalue weighted by molar-refractivity contribution is -0.107. The van der Waals surface area contributed by atoms with Gasteiger partial charge < -0.3 is 9.80 Å². The van der Waals surface area contributed by atoms with Gasteiger partial charge in [-0.25, -0.2) is 0 Å². The number of aryl methyl sites for hydroxylation is 2. The average Bonchev–Trinajstić information content (AvgIpc) is 2.20. The maximum absolute atomic E-state index is 10.8. The molecule has 0 bridgehead atoms. The minimum atomic E-state index is 0.830. The van der Waals surface area contributed by atoms with E-state index in [-0.39, 0.29) is 0 Å². The summed E-state index contributed by atoms with van der Waals surface area (Å²) < 4.78 is 0. The molecule has 3 heteroatoms. The number of hydrogen-bond acceptors (Lipinski definition) is 2. The molecule has 3 nitrogen and oxygen atoms in total. The van der Waals surface area contributed by atoms with E-state index in [4.69, 9.17) is 0 Å². The molecule has 0 heterocycles. The highest BCUT2D eigenvalue weighted by Gasteiger charge is 2.10. The first-order chi connectivity index (χ1) is 6.97. The first-order valence-corrected chi connectivity index (χ1v) is 4.94. The van der Waals surface area contributed by atoms with E-state index in [1.165, 1.54) is 11.1 Å². The van der Waals surface area contributed by atoms with Gasteiger partial charge in [0.25, 0.3) is 0 Å². The fourth-order valence-electron chi connectivity index (χ4n) is 1.48. The van der Waals surface area contributed by atoms with Crippen LogP contribution in [0.1, 0.15) is 11.1 Å². The maximum atomic E-state index is 10.8. The van der Waals surface area contributed by atoms with Crippen LogP contribution in [0.2, 0.25) is 0 Å². The fourth-order valence-corrected chi connectivity index (χ4v) is 1.48. The lowest BCUT2D eigenvalue weighted by atomic mass is 10.1. The third-order valence-corrected chi connectivity index (χ3v) is 2.61. The molecule has 0 saturated carbocycles. The maximum Gasteiger partial charge on any atom is 0.213 e. The average molecular weight is 206 g/mol. The molecule has 0 unspecified atom stereocenters. The number of benzene rings is 1. The van der Waals surface area contributed by atoms with Crippen LogP contribution in [0.4, 0.5) is 11.4 Å². The molecule has 15 heavy (non-hydrogen) atoms. The SMILES string of the molecule is Cc1cc(N(C)C)c(N(C)C=O)cc1C. The molecule has 0 aliphatic rings. The molecule has 0 spiro atoms. The normalized spacial score (nSPS) is 9.93. The van der Waals surface area contributed by atoms with E-state index in [1.54, 1.807) is 11.9 Å². The summed E-state index contributed by atoms with van der Waals surface area (Å²) >= 11 is 0. The van der Waals surface area contributed by atoms with Crippen molar-refractivity contribution in [3.63, 3.8) is 0 Å². The largest absolute Gasteiger partial charge is 0.376 e. The lowest BCUT2D eigenvalue weighted by Gasteiger charge is -2.23. The minimum Gasteiger partial charge on any atom is -0.376 e. The summed E-state index contributed by atoms with van der Waals surface area (Å²) in [4.78, 5) is 14.4. The van der Waals surface area contributed by atoms with Gasteiger partial charge in [-0.15, -0.1) is 0 Å². The van der Waals surface area contributed by atoms with E-state index in [9.17, 15) is 4.79 Å². The van der Waals surface area contributed by atoms with Crippen LogP contribution in [0.3, 0.4) is 0 Å². The standard InChI is InChI=1S/C12H18N2O/c1-9-6-11(13(3)4)12(7-10(9)2)14(5)8-15/h6-8H,1-5H3. The quantitative estimate of drug-likeness (QED) is 0.706. The van der Waals surface area contributed by atoms with Crippen LogP contribution in [0.15, 0.2) is 12.1 Å². The summed E-state index contributed by atoms with van der Waals surface area (Å²) in [6.07, 6.45) is 0.830. The van der Waals surface area contributed by atoms with Crippen molar-refractivity contribution in [1.82, 2.24) is 0 Å². The van der Waals surface area contributed by atoms with Crippen LogP contribution in [0.25, 0.3) is 0 Å². The number of hydrogen-bond donors (Lipinski definition) is 0. The third kappa shape index (κ3) is 2.29. The minimum absolute atomic E-state index is 0.830. The Morgan fingerprint density at radius 1 is 1.00 bits per heavy atom. The number of carbonyl (C=O) groups is 1. The second kappa shape index (κ2) is 4.34. The van der Waals surface area contributed by atoms with E-state index < -0.39 is 0 Å². The molecule has 1 aromatic rings. The van der Waals surface area contributed by atoms with E-state index in [0.29, 0.717) is 0 Å². The Kier molecular flexibility index (Phi) is 3.35. The highest BCUT2D eigenvalue weighted by molar-refractivity contribution is 5.84. The Bertz CT molecular complexity index is 372. The number of amides is 1. The number of nitrogens with zero attached hydrogens (tertiary/aromatic N) is 2. The van der Waals surface area contributed by atoms with Crippen LogP contribution in [-0.4, -0.2) is 27.6 Å². The van der Waals surface area contributed by atoms with E-state index in [0.717, 1.165) is 17.8 Å². The monoisotopic (exact) mass is 206 g/mol. The Morgan fingerprint density at radius 3 is 1.87 bits per heavy atom. The Hall–Kier alpha value is -1.51. The van der Waals surface area contributed by atoms with Crippen LogP contribution < -0.4 is 9.80 Å². The van der Waals surface area contributed by atoms with Gasteiger partial charge in [0.05, 0.1) is 11.4 Å². The number of anilines is 2. The smallest absolute Gasteiger partial charge is 0.213 e. The molecule has 0 fully saturated rings. The highest BCUT2D eigenvalue weighted by atomic mass is 16.1. The fraction of sp³-hybridized carbons (Fsp3) is 0.417. The molecule has 0 saturated heterocycles. The topological polar surface area (TPSA) is 23.6 Å². The molecular weight excluding hydrogens is 188 g/mol. The number of rotatable bonds is 3. The van der Waals surface area contributed by atoms with Crippen molar-refractivity contribution in [2.24, 2.45) is 0 Å². The molecule has 0 aliphatic heterocycles. The van der Waals surface area contributed by atoms with Gasteiger partial charge in [0.2, 0.25) is 6.41 Å². The summed E-state index contributed by atoms with van der Waals surface area (Å²) in [7, 11) is 5.72. The van der Waals surface area contributed by atoms with Gasteiger partial charge in [-0.2, -0.15) is 0 Å². The molecule has 82 valence electrons. The van der Waals surface area contributed by atoms with Gasteiger partial charge in [-0.05, 0) is 37.1 Å². The summed E-state index contributed by atoms with van der Waals surface area (Å²) in [6.45, 7) is 4.13. The number of carbonyl (C=O) groups excluding carboxylic acids is 1. The van der Waals surface area contributed by atoms with E-state index in [1.807, 2.05) is 25.1 Å². The third-order valence-electron chi connectivity index (χ3n) is 2.61. The van der Waals surface area contributed by atoms with Crippen LogP contribution in [0, 0.1) is 13.8 Å².